The van der Waals surface area contributed by atoms with Crippen LogP contribution in [0.1, 0.15) is 18.0 Å². The Labute approximate surface area is 178 Å². The number of nitrogens with one attached hydrogen (secondary N) is 3. The molecule has 1 aliphatic rings. The number of anilines is 1. The number of carbonyl (C=O) groups is 1. The molecule has 3 heterocycles. The van der Waals surface area contributed by atoms with E-state index < -0.39 is 0 Å². The molecule has 3 N–H and O–H groups in total. The van der Waals surface area contributed by atoms with Crippen LogP contribution < -0.4 is 16.2 Å². The van der Waals surface area contributed by atoms with Gasteiger partial charge in [0.15, 0.2) is 0 Å². The topological polar surface area (TPSA) is 83.4 Å². The van der Waals surface area contributed by atoms with E-state index >= 15 is 0 Å². The third-order valence-electron chi connectivity index (χ3n) is 5.15. The van der Waals surface area contributed by atoms with Gasteiger partial charge in [0, 0.05) is 40.9 Å². The lowest BCUT2D eigenvalue weighted by Crippen LogP contribution is -2.39. The summed E-state index contributed by atoms with van der Waals surface area (Å²) < 4.78 is 1.88. The highest BCUT2D eigenvalue weighted by molar-refractivity contribution is 6.30. The minimum atomic E-state index is -0.335. The Hall–Kier alpha value is -3.26. The largest absolute Gasteiger partial charge is 0.325 e. The van der Waals surface area contributed by atoms with Gasteiger partial charge in [-0.2, -0.15) is 0 Å². The van der Waals surface area contributed by atoms with Crippen molar-refractivity contribution >= 4 is 29.0 Å². The van der Waals surface area contributed by atoms with Gasteiger partial charge in [0.05, 0.1) is 5.69 Å². The minimum absolute atomic E-state index is 0.0329. The highest BCUT2D eigenvalue weighted by Gasteiger charge is 2.30. The number of carbonyl (C=O) groups excluding carboxylic acids is 1. The van der Waals surface area contributed by atoms with E-state index in [1.54, 1.807) is 6.20 Å². The van der Waals surface area contributed by atoms with Gasteiger partial charge in [-0.25, -0.2) is 20.8 Å². The van der Waals surface area contributed by atoms with E-state index in [-0.39, 0.29) is 18.0 Å². The molecule has 30 heavy (non-hydrogen) atoms. The van der Waals surface area contributed by atoms with Crippen LogP contribution in [0.15, 0.2) is 73.2 Å². The SMILES string of the molecule is O=C(Nc1ccc(-c2cn3cccnc3n2)cc1)C1CC(c2cccc(Cl)c2)NN1. The van der Waals surface area contributed by atoms with E-state index in [0.29, 0.717) is 17.2 Å². The van der Waals surface area contributed by atoms with Crippen molar-refractivity contribution in [3.8, 4) is 11.3 Å². The Kier molecular flexibility index (Phi) is 4.92. The van der Waals surface area contributed by atoms with E-state index in [4.69, 9.17) is 11.6 Å². The summed E-state index contributed by atoms with van der Waals surface area (Å²) in [5.41, 5.74) is 9.82. The van der Waals surface area contributed by atoms with Crippen LogP contribution >= 0.6 is 11.6 Å². The predicted octanol–water partition coefficient (Wildman–Crippen LogP) is 3.60. The molecule has 1 saturated heterocycles. The predicted molar refractivity (Wildman–Crippen MR) is 116 cm³/mol. The fraction of sp³-hybridized carbons (Fsp3) is 0.136. The molecule has 2 aromatic carbocycles. The maximum atomic E-state index is 12.7. The van der Waals surface area contributed by atoms with Crippen molar-refractivity contribution in [2.24, 2.45) is 0 Å². The first-order valence-electron chi connectivity index (χ1n) is 9.63. The smallest absolute Gasteiger partial charge is 0.242 e. The molecular weight excluding hydrogens is 400 g/mol. The third kappa shape index (κ3) is 3.78. The molecule has 0 bridgehead atoms. The van der Waals surface area contributed by atoms with Crippen LogP contribution in [0.4, 0.5) is 5.69 Å². The number of rotatable bonds is 4. The molecule has 8 heteroatoms. The standard InChI is InChI=1S/C22H19ClN6O/c23-16-4-1-3-15(11-16)18-12-19(28-27-18)21(30)25-17-7-5-14(6-8-17)20-13-29-10-2-9-24-22(29)26-20/h1-11,13,18-19,27-28H,12H2,(H,25,30). The number of imidazole rings is 1. The molecule has 2 atom stereocenters. The second kappa shape index (κ2) is 7.87. The monoisotopic (exact) mass is 418 g/mol. The Morgan fingerprint density at radius 3 is 2.80 bits per heavy atom. The molecule has 150 valence electrons. The first kappa shape index (κ1) is 18.7. The van der Waals surface area contributed by atoms with Gasteiger partial charge >= 0.3 is 0 Å². The van der Waals surface area contributed by atoms with E-state index in [2.05, 4.69) is 26.1 Å². The summed E-state index contributed by atoms with van der Waals surface area (Å²) in [5, 5.41) is 3.65. The molecule has 2 unspecified atom stereocenters. The first-order valence-corrected chi connectivity index (χ1v) is 10.0. The highest BCUT2D eigenvalue weighted by Crippen LogP contribution is 2.25. The number of amides is 1. The number of halogens is 1. The Morgan fingerprint density at radius 1 is 1.13 bits per heavy atom. The molecule has 1 fully saturated rings. The normalized spacial score (nSPS) is 18.6. The average Bonchev–Trinajstić information content (AvgIpc) is 3.42. The lowest BCUT2D eigenvalue weighted by Gasteiger charge is -2.11. The molecule has 1 aliphatic heterocycles. The van der Waals surface area contributed by atoms with E-state index in [1.807, 2.05) is 71.4 Å². The molecule has 0 radical (unpaired) electrons. The van der Waals surface area contributed by atoms with Crippen molar-refractivity contribution in [2.45, 2.75) is 18.5 Å². The second-order valence-corrected chi connectivity index (χ2v) is 7.64. The lowest BCUT2D eigenvalue weighted by atomic mass is 10.0. The molecule has 7 nitrogen and oxygen atoms in total. The van der Waals surface area contributed by atoms with Crippen LogP contribution in [0.5, 0.6) is 0 Å². The number of benzene rings is 2. The van der Waals surface area contributed by atoms with Crippen molar-refractivity contribution in [1.29, 1.82) is 0 Å². The summed E-state index contributed by atoms with van der Waals surface area (Å²) in [7, 11) is 0. The quantitative estimate of drug-likeness (QED) is 0.471. The van der Waals surface area contributed by atoms with Crippen molar-refractivity contribution in [1.82, 2.24) is 25.2 Å². The van der Waals surface area contributed by atoms with Gasteiger partial charge in [-0.3, -0.25) is 9.20 Å². The van der Waals surface area contributed by atoms with Gasteiger partial charge < -0.3 is 5.32 Å². The number of nitrogens with zero attached hydrogens (tertiary/aromatic N) is 3. The van der Waals surface area contributed by atoms with E-state index in [1.165, 1.54) is 0 Å². The number of fused-ring (bicyclic) bond motifs is 1. The van der Waals surface area contributed by atoms with Gasteiger partial charge in [0.25, 0.3) is 0 Å². The molecule has 0 aliphatic carbocycles. The zero-order chi connectivity index (χ0) is 20.5. The molecule has 4 aromatic rings. The number of hydrazine groups is 1. The number of hydrogen-bond acceptors (Lipinski definition) is 5. The Morgan fingerprint density at radius 2 is 2.00 bits per heavy atom. The lowest BCUT2D eigenvalue weighted by molar-refractivity contribution is -0.117. The molecule has 1 amide bonds. The summed E-state index contributed by atoms with van der Waals surface area (Å²) in [6, 6.07) is 16.8. The van der Waals surface area contributed by atoms with E-state index in [9.17, 15) is 4.79 Å². The van der Waals surface area contributed by atoms with Crippen molar-refractivity contribution < 1.29 is 4.79 Å². The van der Waals surface area contributed by atoms with Crippen molar-refractivity contribution in [3.63, 3.8) is 0 Å². The van der Waals surface area contributed by atoms with Gasteiger partial charge in [-0.1, -0.05) is 35.9 Å². The summed E-state index contributed by atoms with van der Waals surface area (Å²) in [4.78, 5) is 21.4. The van der Waals surface area contributed by atoms with Crippen LogP contribution in [-0.4, -0.2) is 26.3 Å². The second-order valence-electron chi connectivity index (χ2n) is 7.20. The number of aromatic nitrogens is 3. The van der Waals surface area contributed by atoms with Crippen molar-refractivity contribution in [2.75, 3.05) is 5.32 Å². The summed E-state index contributed by atoms with van der Waals surface area (Å²) in [5.74, 6) is 0.565. The van der Waals surface area contributed by atoms with Gasteiger partial charge in [-0.05, 0) is 42.3 Å². The van der Waals surface area contributed by atoms with Crippen LogP contribution in [0, 0.1) is 0 Å². The van der Waals surface area contributed by atoms with Crippen LogP contribution in [-0.2, 0) is 4.79 Å². The number of hydrogen-bond donors (Lipinski definition) is 3. The van der Waals surface area contributed by atoms with Gasteiger partial charge in [-0.15, -0.1) is 0 Å². The van der Waals surface area contributed by atoms with Gasteiger partial charge in [0.2, 0.25) is 11.7 Å². The molecular formula is C22H19ClN6O. The zero-order valence-electron chi connectivity index (χ0n) is 15.9. The fourth-order valence-electron chi connectivity index (χ4n) is 3.59. The fourth-order valence-corrected chi connectivity index (χ4v) is 3.79. The average molecular weight is 419 g/mol. The van der Waals surface area contributed by atoms with Crippen LogP contribution in [0.25, 0.3) is 17.0 Å². The van der Waals surface area contributed by atoms with Crippen LogP contribution in [0.3, 0.4) is 0 Å². The Bertz CT molecular complexity index is 1170. The molecule has 0 spiro atoms. The Balaban J connectivity index is 1.24. The highest BCUT2D eigenvalue weighted by atomic mass is 35.5. The maximum Gasteiger partial charge on any atom is 0.242 e. The van der Waals surface area contributed by atoms with Crippen LogP contribution in [0.2, 0.25) is 5.02 Å². The summed E-state index contributed by atoms with van der Waals surface area (Å²) in [6.45, 7) is 0. The zero-order valence-corrected chi connectivity index (χ0v) is 16.7. The van der Waals surface area contributed by atoms with Gasteiger partial charge in [0.1, 0.15) is 6.04 Å². The molecule has 0 saturated carbocycles. The third-order valence-corrected chi connectivity index (χ3v) is 5.39. The molecule has 2 aromatic heterocycles. The summed E-state index contributed by atoms with van der Waals surface area (Å²) in [6.07, 6.45) is 6.19. The summed E-state index contributed by atoms with van der Waals surface area (Å²) >= 11 is 6.07. The first-order chi connectivity index (χ1) is 14.7. The van der Waals surface area contributed by atoms with E-state index in [0.717, 1.165) is 22.5 Å². The minimum Gasteiger partial charge on any atom is -0.325 e. The van der Waals surface area contributed by atoms with Crippen molar-refractivity contribution in [3.05, 3.63) is 83.8 Å². The maximum absolute atomic E-state index is 12.7. The molecule has 5 rings (SSSR count).